The third kappa shape index (κ3) is 4.04. The first kappa shape index (κ1) is 15.5. The molecule has 1 amide bonds. The molecule has 0 bridgehead atoms. The monoisotopic (exact) mass is 308 g/mol. The predicted octanol–water partition coefficient (Wildman–Crippen LogP) is 1.83. The fourth-order valence-electron chi connectivity index (χ4n) is 1.88. The molecular weight excluding hydrogens is 292 g/mol. The first-order chi connectivity index (χ1) is 10.1. The molecule has 0 aliphatic rings. The lowest BCUT2D eigenvalue weighted by Crippen LogP contribution is -2.28. The Labute approximate surface area is 127 Å². The average molecular weight is 309 g/mol. The summed E-state index contributed by atoms with van der Waals surface area (Å²) < 4.78 is 6.70. The summed E-state index contributed by atoms with van der Waals surface area (Å²) in [6, 6.07) is 8.93. The van der Waals surface area contributed by atoms with Crippen LogP contribution in [0.15, 0.2) is 36.5 Å². The first-order valence-electron chi connectivity index (χ1n) is 6.46. The second-order valence-electron chi connectivity index (χ2n) is 4.45. The van der Waals surface area contributed by atoms with E-state index in [4.69, 9.17) is 22.1 Å². The molecule has 1 aromatic carbocycles. The Morgan fingerprint density at radius 1 is 1.52 bits per heavy atom. The quantitative estimate of drug-likeness (QED) is 0.853. The molecular formula is C14H17ClN4O2. The van der Waals surface area contributed by atoms with Crippen LogP contribution in [0.5, 0.6) is 0 Å². The molecule has 1 unspecified atom stereocenters. The number of ether oxygens (including phenoxy) is 1. The standard InChI is InChI=1S/C14H17ClN4O2/c1-21-12(9-16)8-14(20)18-13-5-6-17-19(13)11-4-2-3-10(15)7-11/h2-7,12H,8-9,16H2,1H3,(H,18,20). The lowest BCUT2D eigenvalue weighted by atomic mass is 10.2. The van der Waals surface area contributed by atoms with Crippen molar-refractivity contribution in [3.8, 4) is 5.69 Å². The molecule has 7 heteroatoms. The highest BCUT2D eigenvalue weighted by Crippen LogP contribution is 2.18. The summed E-state index contributed by atoms with van der Waals surface area (Å²) in [5.41, 5.74) is 6.27. The molecule has 3 N–H and O–H groups in total. The molecule has 0 radical (unpaired) electrons. The predicted molar refractivity (Wildman–Crippen MR) is 81.7 cm³/mol. The van der Waals surface area contributed by atoms with Crippen LogP contribution in [0.25, 0.3) is 5.69 Å². The number of carbonyl (C=O) groups is 1. The van der Waals surface area contributed by atoms with Gasteiger partial charge in [-0.2, -0.15) is 5.10 Å². The third-order valence-electron chi connectivity index (χ3n) is 2.97. The van der Waals surface area contributed by atoms with E-state index in [-0.39, 0.29) is 25.0 Å². The number of anilines is 1. The van der Waals surface area contributed by atoms with E-state index in [1.54, 1.807) is 29.1 Å². The Bertz CT molecular complexity index is 611. The van der Waals surface area contributed by atoms with Gasteiger partial charge >= 0.3 is 0 Å². The van der Waals surface area contributed by atoms with Gasteiger partial charge in [-0.05, 0) is 18.2 Å². The SMILES string of the molecule is COC(CN)CC(=O)Nc1ccnn1-c1cccc(Cl)c1. The summed E-state index contributed by atoms with van der Waals surface area (Å²) in [7, 11) is 1.53. The number of rotatable bonds is 6. The normalized spacial score (nSPS) is 12.1. The Balaban J connectivity index is 2.12. The Kier molecular flexibility index (Phi) is 5.32. The van der Waals surface area contributed by atoms with Crippen molar-refractivity contribution in [3.63, 3.8) is 0 Å². The van der Waals surface area contributed by atoms with E-state index in [1.165, 1.54) is 7.11 Å². The van der Waals surface area contributed by atoms with Gasteiger partial charge in [-0.1, -0.05) is 17.7 Å². The number of hydrogen-bond donors (Lipinski definition) is 2. The molecule has 2 aromatic rings. The zero-order valence-electron chi connectivity index (χ0n) is 11.6. The molecule has 2 rings (SSSR count). The van der Waals surface area contributed by atoms with Gasteiger partial charge in [0, 0.05) is 24.7 Å². The highest BCUT2D eigenvalue weighted by atomic mass is 35.5. The maximum atomic E-state index is 12.0. The number of nitrogens with one attached hydrogen (secondary N) is 1. The maximum absolute atomic E-state index is 12.0. The van der Waals surface area contributed by atoms with Crippen molar-refractivity contribution in [1.82, 2.24) is 9.78 Å². The lowest BCUT2D eigenvalue weighted by molar-refractivity contribution is -0.118. The average Bonchev–Trinajstić information content (AvgIpc) is 2.92. The highest BCUT2D eigenvalue weighted by Gasteiger charge is 2.14. The van der Waals surface area contributed by atoms with Crippen LogP contribution in [0.1, 0.15) is 6.42 Å². The van der Waals surface area contributed by atoms with Crippen molar-refractivity contribution >= 4 is 23.3 Å². The number of aromatic nitrogens is 2. The van der Waals surface area contributed by atoms with E-state index in [2.05, 4.69) is 10.4 Å². The fourth-order valence-corrected chi connectivity index (χ4v) is 2.06. The molecule has 1 heterocycles. The van der Waals surface area contributed by atoms with Crippen molar-refractivity contribution in [2.24, 2.45) is 5.73 Å². The number of hydrogen-bond acceptors (Lipinski definition) is 4. The van der Waals surface area contributed by atoms with Gasteiger partial charge in [-0.15, -0.1) is 0 Å². The summed E-state index contributed by atoms with van der Waals surface area (Å²) in [5, 5.41) is 7.58. The van der Waals surface area contributed by atoms with Crippen molar-refractivity contribution < 1.29 is 9.53 Å². The highest BCUT2D eigenvalue weighted by molar-refractivity contribution is 6.30. The molecule has 0 fully saturated rings. The van der Waals surface area contributed by atoms with Crippen molar-refractivity contribution in [3.05, 3.63) is 41.6 Å². The summed E-state index contributed by atoms with van der Waals surface area (Å²) in [5.74, 6) is 0.380. The number of nitrogens with two attached hydrogens (primary N) is 1. The topological polar surface area (TPSA) is 82.2 Å². The molecule has 0 saturated carbocycles. The number of halogens is 1. The molecule has 1 atom stereocenters. The van der Waals surface area contributed by atoms with Crippen molar-refractivity contribution in [2.45, 2.75) is 12.5 Å². The second kappa shape index (κ2) is 7.21. The van der Waals surface area contributed by atoms with Crippen LogP contribution >= 0.6 is 11.6 Å². The summed E-state index contributed by atoms with van der Waals surface area (Å²) in [6.07, 6.45) is 1.49. The molecule has 0 aliphatic carbocycles. The van der Waals surface area contributed by atoms with E-state index in [0.29, 0.717) is 10.8 Å². The summed E-state index contributed by atoms with van der Waals surface area (Å²) >= 11 is 5.97. The van der Waals surface area contributed by atoms with Crippen molar-refractivity contribution in [2.75, 3.05) is 19.0 Å². The van der Waals surface area contributed by atoms with Gasteiger partial charge in [0.25, 0.3) is 0 Å². The minimum atomic E-state index is -0.299. The van der Waals surface area contributed by atoms with Crippen LogP contribution < -0.4 is 11.1 Å². The van der Waals surface area contributed by atoms with E-state index >= 15 is 0 Å². The second-order valence-corrected chi connectivity index (χ2v) is 4.89. The largest absolute Gasteiger partial charge is 0.380 e. The van der Waals surface area contributed by atoms with Crippen LogP contribution in [0.2, 0.25) is 5.02 Å². The van der Waals surface area contributed by atoms with Gasteiger partial charge in [-0.3, -0.25) is 4.79 Å². The molecule has 1 aromatic heterocycles. The van der Waals surface area contributed by atoms with Crippen LogP contribution in [-0.4, -0.2) is 35.4 Å². The van der Waals surface area contributed by atoms with Crippen LogP contribution in [0.3, 0.4) is 0 Å². The molecule has 112 valence electrons. The number of nitrogens with zero attached hydrogens (tertiary/aromatic N) is 2. The van der Waals surface area contributed by atoms with Gasteiger partial charge in [0.15, 0.2) is 0 Å². The fraction of sp³-hybridized carbons (Fsp3) is 0.286. The Morgan fingerprint density at radius 3 is 3.00 bits per heavy atom. The molecule has 0 spiro atoms. The smallest absolute Gasteiger partial charge is 0.228 e. The van der Waals surface area contributed by atoms with Gasteiger partial charge < -0.3 is 15.8 Å². The zero-order chi connectivity index (χ0) is 15.2. The van der Waals surface area contributed by atoms with E-state index in [1.807, 2.05) is 12.1 Å². The van der Waals surface area contributed by atoms with Crippen molar-refractivity contribution in [1.29, 1.82) is 0 Å². The van der Waals surface area contributed by atoms with E-state index < -0.39 is 0 Å². The van der Waals surface area contributed by atoms with E-state index in [0.717, 1.165) is 5.69 Å². The van der Waals surface area contributed by atoms with Gasteiger partial charge in [0.05, 0.1) is 24.4 Å². The van der Waals surface area contributed by atoms with E-state index in [9.17, 15) is 4.79 Å². The van der Waals surface area contributed by atoms with Crippen LogP contribution in [-0.2, 0) is 9.53 Å². The minimum absolute atomic E-state index is 0.184. The van der Waals surface area contributed by atoms with Gasteiger partial charge in [-0.25, -0.2) is 4.68 Å². The van der Waals surface area contributed by atoms with Crippen LogP contribution in [0, 0.1) is 0 Å². The summed E-state index contributed by atoms with van der Waals surface area (Å²) in [4.78, 5) is 12.0. The molecule has 0 saturated heterocycles. The van der Waals surface area contributed by atoms with Crippen LogP contribution in [0.4, 0.5) is 5.82 Å². The van der Waals surface area contributed by atoms with Gasteiger partial charge in [0.2, 0.25) is 5.91 Å². The van der Waals surface area contributed by atoms with Gasteiger partial charge in [0.1, 0.15) is 5.82 Å². The first-order valence-corrected chi connectivity index (χ1v) is 6.84. The molecule has 21 heavy (non-hydrogen) atoms. The Hall–Kier alpha value is -1.89. The number of benzene rings is 1. The molecule has 0 aliphatic heterocycles. The number of amides is 1. The Morgan fingerprint density at radius 2 is 2.33 bits per heavy atom. The zero-order valence-corrected chi connectivity index (χ0v) is 12.4. The molecule has 6 nitrogen and oxygen atoms in total. The number of methoxy groups -OCH3 is 1. The lowest BCUT2D eigenvalue weighted by Gasteiger charge is -2.13. The summed E-state index contributed by atoms with van der Waals surface area (Å²) in [6.45, 7) is 0.289. The number of carbonyl (C=O) groups excluding carboxylic acids is 1. The minimum Gasteiger partial charge on any atom is -0.380 e. The third-order valence-corrected chi connectivity index (χ3v) is 3.21. The maximum Gasteiger partial charge on any atom is 0.228 e.